The molecule has 0 spiro atoms. The summed E-state index contributed by atoms with van der Waals surface area (Å²) in [6.07, 6.45) is 6.53. The van der Waals surface area contributed by atoms with Crippen molar-refractivity contribution in [3.05, 3.63) is 0 Å². The van der Waals surface area contributed by atoms with Crippen molar-refractivity contribution in [2.24, 2.45) is 5.92 Å². The smallest absolute Gasteiger partial charge is 0.0791 e. The summed E-state index contributed by atoms with van der Waals surface area (Å²) in [5, 5.41) is 13.4. The Morgan fingerprint density at radius 1 is 1.17 bits per heavy atom. The molecule has 0 radical (unpaired) electrons. The van der Waals surface area contributed by atoms with E-state index < -0.39 is 0 Å². The van der Waals surface area contributed by atoms with E-state index >= 15 is 0 Å². The first-order chi connectivity index (χ1) is 8.63. The van der Waals surface area contributed by atoms with Crippen LogP contribution in [0.15, 0.2) is 0 Å². The lowest BCUT2D eigenvalue weighted by Crippen LogP contribution is -2.44. The molecule has 0 aliphatic heterocycles. The topological polar surface area (TPSA) is 35.5 Å². The molecule has 1 rings (SSSR count). The Morgan fingerprint density at radius 2 is 1.83 bits per heavy atom. The lowest BCUT2D eigenvalue weighted by Gasteiger charge is -2.34. The van der Waals surface area contributed by atoms with E-state index in [0.717, 1.165) is 26.2 Å². The molecule has 18 heavy (non-hydrogen) atoms. The summed E-state index contributed by atoms with van der Waals surface area (Å²) in [7, 11) is 0. The fourth-order valence-corrected chi connectivity index (χ4v) is 2.86. The molecule has 1 aliphatic rings. The molecule has 2 N–H and O–H groups in total. The average Bonchev–Trinajstić information content (AvgIpc) is 2.36. The summed E-state index contributed by atoms with van der Waals surface area (Å²) in [6.45, 7) is 10.2. The standard InChI is InChI=1S/C15H32N2O/c1-4-17(14-8-6-5-7-9-14)12-15(18)11-16-10-13(2)3/h13-16,18H,4-12H2,1-3H3. The first-order valence-corrected chi connectivity index (χ1v) is 7.76. The predicted molar refractivity (Wildman–Crippen MR) is 77.8 cm³/mol. The van der Waals surface area contributed by atoms with Gasteiger partial charge < -0.3 is 10.4 Å². The Labute approximate surface area is 113 Å². The zero-order valence-electron chi connectivity index (χ0n) is 12.5. The second-order valence-electron chi connectivity index (χ2n) is 6.09. The van der Waals surface area contributed by atoms with Crippen molar-refractivity contribution in [2.45, 2.75) is 65.0 Å². The largest absolute Gasteiger partial charge is 0.390 e. The lowest BCUT2D eigenvalue weighted by atomic mass is 9.94. The first kappa shape index (κ1) is 15.9. The molecular weight excluding hydrogens is 224 g/mol. The zero-order chi connectivity index (χ0) is 13.4. The van der Waals surface area contributed by atoms with Gasteiger partial charge in [-0.2, -0.15) is 0 Å². The number of nitrogens with zero attached hydrogens (tertiary/aromatic N) is 1. The maximum absolute atomic E-state index is 10.1. The summed E-state index contributed by atoms with van der Waals surface area (Å²) in [4.78, 5) is 2.47. The van der Waals surface area contributed by atoms with Crippen LogP contribution in [0.2, 0.25) is 0 Å². The van der Waals surface area contributed by atoms with Gasteiger partial charge in [0.25, 0.3) is 0 Å². The van der Waals surface area contributed by atoms with Crippen molar-refractivity contribution < 1.29 is 5.11 Å². The predicted octanol–water partition coefficient (Wildman–Crippen LogP) is 2.25. The summed E-state index contributed by atoms with van der Waals surface area (Å²) < 4.78 is 0. The van der Waals surface area contributed by atoms with E-state index in [1.807, 2.05) is 0 Å². The molecule has 1 aliphatic carbocycles. The van der Waals surface area contributed by atoms with Crippen LogP contribution in [-0.4, -0.2) is 48.3 Å². The highest BCUT2D eigenvalue weighted by molar-refractivity contribution is 4.77. The molecule has 108 valence electrons. The second kappa shape index (κ2) is 8.89. The molecule has 0 aromatic carbocycles. The van der Waals surface area contributed by atoms with Crippen LogP contribution in [0.25, 0.3) is 0 Å². The lowest BCUT2D eigenvalue weighted by molar-refractivity contribution is 0.0761. The summed E-state index contributed by atoms with van der Waals surface area (Å²) in [5.41, 5.74) is 0. The third-order valence-electron chi connectivity index (χ3n) is 3.88. The van der Waals surface area contributed by atoms with Gasteiger partial charge in [-0.25, -0.2) is 0 Å². The number of aliphatic hydroxyl groups excluding tert-OH is 1. The van der Waals surface area contributed by atoms with Crippen LogP contribution < -0.4 is 5.32 Å². The maximum Gasteiger partial charge on any atom is 0.0791 e. The van der Waals surface area contributed by atoms with Gasteiger partial charge in [0.15, 0.2) is 0 Å². The van der Waals surface area contributed by atoms with Gasteiger partial charge in [-0.1, -0.05) is 40.0 Å². The minimum Gasteiger partial charge on any atom is -0.390 e. The van der Waals surface area contributed by atoms with Crippen LogP contribution in [0.4, 0.5) is 0 Å². The molecule has 0 aromatic heterocycles. The van der Waals surface area contributed by atoms with Crippen molar-refractivity contribution >= 4 is 0 Å². The Kier molecular flexibility index (Phi) is 7.87. The highest BCUT2D eigenvalue weighted by Gasteiger charge is 2.21. The van der Waals surface area contributed by atoms with Crippen LogP contribution in [0.3, 0.4) is 0 Å². The molecule has 1 unspecified atom stereocenters. The second-order valence-corrected chi connectivity index (χ2v) is 6.09. The van der Waals surface area contributed by atoms with Gasteiger partial charge in [0.1, 0.15) is 0 Å². The molecule has 0 aromatic rings. The maximum atomic E-state index is 10.1. The number of aliphatic hydroxyl groups is 1. The van der Waals surface area contributed by atoms with E-state index in [4.69, 9.17) is 0 Å². The van der Waals surface area contributed by atoms with E-state index in [1.54, 1.807) is 0 Å². The minimum absolute atomic E-state index is 0.231. The Balaban J connectivity index is 2.23. The monoisotopic (exact) mass is 256 g/mol. The summed E-state index contributed by atoms with van der Waals surface area (Å²) in [6, 6.07) is 0.712. The van der Waals surface area contributed by atoms with Crippen LogP contribution in [-0.2, 0) is 0 Å². The summed E-state index contributed by atoms with van der Waals surface area (Å²) in [5.74, 6) is 0.651. The molecule has 3 nitrogen and oxygen atoms in total. The van der Waals surface area contributed by atoms with Gasteiger partial charge in [-0.05, 0) is 31.8 Å². The van der Waals surface area contributed by atoms with Gasteiger partial charge in [-0.15, -0.1) is 0 Å². The van der Waals surface area contributed by atoms with Crippen LogP contribution in [0, 0.1) is 5.92 Å². The van der Waals surface area contributed by atoms with Crippen molar-refractivity contribution in [2.75, 3.05) is 26.2 Å². The third kappa shape index (κ3) is 6.17. The zero-order valence-corrected chi connectivity index (χ0v) is 12.5. The average molecular weight is 256 g/mol. The van der Waals surface area contributed by atoms with Gasteiger partial charge in [0.05, 0.1) is 6.10 Å². The quantitative estimate of drug-likeness (QED) is 0.699. The number of likely N-dealkylation sites (N-methyl/N-ethyl adjacent to an activating group) is 1. The highest BCUT2D eigenvalue weighted by atomic mass is 16.3. The highest BCUT2D eigenvalue weighted by Crippen LogP contribution is 2.22. The van der Waals surface area contributed by atoms with Gasteiger partial charge in [0, 0.05) is 19.1 Å². The molecule has 0 saturated heterocycles. The van der Waals surface area contributed by atoms with E-state index in [2.05, 4.69) is 31.0 Å². The van der Waals surface area contributed by atoms with Crippen LogP contribution >= 0.6 is 0 Å². The summed E-state index contributed by atoms with van der Waals surface area (Å²) >= 11 is 0. The minimum atomic E-state index is -0.231. The normalized spacial score (nSPS) is 19.7. The van der Waals surface area contributed by atoms with E-state index in [0.29, 0.717) is 12.0 Å². The van der Waals surface area contributed by atoms with Crippen molar-refractivity contribution in [1.29, 1.82) is 0 Å². The van der Waals surface area contributed by atoms with Crippen molar-refractivity contribution in [3.8, 4) is 0 Å². The Bertz CT molecular complexity index is 203. The first-order valence-electron chi connectivity index (χ1n) is 7.76. The Hall–Kier alpha value is -0.120. The van der Waals surface area contributed by atoms with Crippen LogP contribution in [0.1, 0.15) is 52.9 Å². The van der Waals surface area contributed by atoms with Gasteiger partial charge in [0.2, 0.25) is 0 Å². The molecule has 0 bridgehead atoms. The molecular formula is C15H32N2O. The van der Waals surface area contributed by atoms with Crippen molar-refractivity contribution in [3.63, 3.8) is 0 Å². The molecule has 1 saturated carbocycles. The number of hydrogen-bond donors (Lipinski definition) is 2. The Morgan fingerprint density at radius 3 is 2.39 bits per heavy atom. The van der Waals surface area contributed by atoms with E-state index in [9.17, 15) is 5.11 Å². The molecule has 0 amide bonds. The molecule has 1 fully saturated rings. The third-order valence-corrected chi connectivity index (χ3v) is 3.88. The van der Waals surface area contributed by atoms with Crippen molar-refractivity contribution in [1.82, 2.24) is 10.2 Å². The van der Waals surface area contributed by atoms with E-state index in [1.165, 1.54) is 32.1 Å². The van der Waals surface area contributed by atoms with E-state index in [-0.39, 0.29) is 6.10 Å². The number of nitrogens with one attached hydrogen (secondary N) is 1. The van der Waals surface area contributed by atoms with Gasteiger partial charge in [-0.3, -0.25) is 4.90 Å². The number of hydrogen-bond acceptors (Lipinski definition) is 3. The van der Waals surface area contributed by atoms with Gasteiger partial charge >= 0.3 is 0 Å². The fraction of sp³-hybridized carbons (Fsp3) is 1.00. The number of rotatable bonds is 8. The molecule has 1 atom stereocenters. The SMILES string of the molecule is CCN(CC(O)CNCC(C)C)C1CCCCC1. The van der Waals surface area contributed by atoms with Crippen LogP contribution in [0.5, 0.6) is 0 Å². The molecule has 0 heterocycles. The molecule has 3 heteroatoms. The fourth-order valence-electron chi connectivity index (χ4n) is 2.86.